The summed E-state index contributed by atoms with van der Waals surface area (Å²) in [7, 11) is 0. The molecule has 0 N–H and O–H groups in total. The van der Waals surface area contributed by atoms with Crippen molar-refractivity contribution in [3.05, 3.63) is 52.6 Å². The Hall–Kier alpha value is -2.32. The van der Waals surface area contributed by atoms with Crippen molar-refractivity contribution in [2.45, 2.75) is 102 Å². The van der Waals surface area contributed by atoms with Gasteiger partial charge in [0.15, 0.2) is 0 Å². The molecule has 1 aliphatic heterocycles. The lowest BCUT2D eigenvalue weighted by Crippen LogP contribution is -2.23. The summed E-state index contributed by atoms with van der Waals surface area (Å²) in [5.41, 5.74) is 4.99. The first kappa shape index (κ1) is 27.3. The molecule has 0 fully saturated rings. The van der Waals surface area contributed by atoms with Gasteiger partial charge in [-0.25, -0.2) is 9.97 Å². The lowest BCUT2D eigenvalue weighted by molar-refractivity contribution is -0.143. The molecule has 0 saturated heterocycles. The number of hydrogen-bond donors (Lipinski definition) is 0. The molecule has 0 spiro atoms. The summed E-state index contributed by atoms with van der Waals surface area (Å²) in [6.45, 7) is 9.22. The molecule has 0 aliphatic carbocycles. The van der Waals surface area contributed by atoms with Gasteiger partial charge < -0.3 is 4.74 Å². The van der Waals surface area contributed by atoms with E-state index in [2.05, 4.69) is 54.7 Å². The van der Waals surface area contributed by atoms with E-state index in [0.717, 1.165) is 42.6 Å². The standard InChI is InChI=1S/C30H40N2O2S/c1-5-7-8-9-12-24-20-27-26(30(3,4)17-18-35-27)19-25(24)16-15-23-21-31-28(32-22-23)13-10-11-14-29(33)34-6-2/h19-22H,5-14,17-18H2,1-4H3. The predicted molar refractivity (Wildman–Crippen MR) is 145 cm³/mol. The highest BCUT2D eigenvalue weighted by Crippen LogP contribution is 2.42. The van der Waals surface area contributed by atoms with E-state index in [0.29, 0.717) is 13.0 Å². The van der Waals surface area contributed by atoms with E-state index in [1.165, 1.54) is 53.9 Å². The number of thioether (sulfide) groups is 1. The number of carbonyl (C=O) groups is 1. The van der Waals surface area contributed by atoms with Gasteiger partial charge in [0.2, 0.25) is 0 Å². The van der Waals surface area contributed by atoms with Crippen LogP contribution in [0.2, 0.25) is 0 Å². The van der Waals surface area contributed by atoms with Gasteiger partial charge in [-0.1, -0.05) is 51.9 Å². The quantitative estimate of drug-likeness (QED) is 0.191. The largest absolute Gasteiger partial charge is 0.466 e. The smallest absolute Gasteiger partial charge is 0.305 e. The second-order valence-corrected chi connectivity index (χ2v) is 11.1. The number of esters is 1. The molecule has 35 heavy (non-hydrogen) atoms. The Morgan fingerprint density at radius 2 is 1.80 bits per heavy atom. The van der Waals surface area contributed by atoms with Crippen molar-refractivity contribution < 1.29 is 9.53 Å². The predicted octanol–water partition coefficient (Wildman–Crippen LogP) is 7.05. The summed E-state index contributed by atoms with van der Waals surface area (Å²) in [6.07, 6.45) is 13.8. The molecule has 188 valence electrons. The van der Waals surface area contributed by atoms with Crippen molar-refractivity contribution >= 4 is 17.7 Å². The van der Waals surface area contributed by atoms with Gasteiger partial charge in [0.1, 0.15) is 5.82 Å². The van der Waals surface area contributed by atoms with Crippen LogP contribution in [0.15, 0.2) is 29.4 Å². The zero-order chi connectivity index (χ0) is 25.1. The summed E-state index contributed by atoms with van der Waals surface area (Å²) in [4.78, 5) is 21.9. The Balaban J connectivity index is 1.70. The summed E-state index contributed by atoms with van der Waals surface area (Å²) in [5.74, 6) is 8.63. The molecule has 3 rings (SSSR count). The summed E-state index contributed by atoms with van der Waals surface area (Å²) in [6, 6.07) is 4.76. The van der Waals surface area contributed by atoms with Gasteiger partial charge in [0, 0.05) is 35.7 Å². The number of nitrogens with zero attached hydrogens (tertiary/aromatic N) is 2. The van der Waals surface area contributed by atoms with Crippen LogP contribution in [0, 0.1) is 11.8 Å². The molecule has 4 nitrogen and oxygen atoms in total. The maximum atomic E-state index is 11.4. The van der Waals surface area contributed by atoms with Gasteiger partial charge in [0.25, 0.3) is 0 Å². The van der Waals surface area contributed by atoms with Gasteiger partial charge in [0.05, 0.1) is 12.2 Å². The van der Waals surface area contributed by atoms with Crippen LogP contribution in [-0.2, 0) is 27.8 Å². The SMILES string of the molecule is CCCCCCc1cc2c(cc1C#Cc1cnc(CCCCC(=O)OCC)nc1)C(C)(C)CCS2. The van der Waals surface area contributed by atoms with E-state index in [1.807, 2.05) is 31.1 Å². The molecule has 0 saturated carbocycles. The molecule has 0 radical (unpaired) electrons. The highest BCUT2D eigenvalue weighted by molar-refractivity contribution is 7.99. The Morgan fingerprint density at radius 1 is 1.03 bits per heavy atom. The fourth-order valence-electron chi connectivity index (χ4n) is 4.36. The number of benzene rings is 1. The Morgan fingerprint density at radius 3 is 2.54 bits per heavy atom. The second kappa shape index (κ2) is 13.7. The topological polar surface area (TPSA) is 52.1 Å². The Labute approximate surface area is 216 Å². The van der Waals surface area contributed by atoms with Gasteiger partial charge in [-0.2, -0.15) is 0 Å². The van der Waals surface area contributed by atoms with Gasteiger partial charge >= 0.3 is 5.97 Å². The first-order valence-corrected chi connectivity index (χ1v) is 14.2. The van der Waals surface area contributed by atoms with Gasteiger partial charge in [-0.05, 0) is 73.5 Å². The van der Waals surface area contributed by atoms with Crippen LogP contribution >= 0.6 is 11.8 Å². The number of aryl methyl sites for hydroxylation is 2. The van der Waals surface area contributed by atoms with Crippen LogP contribution in [0.5, 0.6) is 0 Å². The Kier molecular flexibility index (Phi) is 10.7. The van der Waals surface area contributed by atoms with Crippen LogP contribution in [0.25, 0.3) is 0 Å². The van der Waals surface area contributed by atoms with Crippen molar-refractivity contribution in [3.63, 3.8) is 0 Å². The molecule has 1 aromatic heterocycles. The molecular weight excluding hydrogens is 452 g/mol. The number of hydrogen-bond acceptors (Lipinski definition) is 5. The maximum absolute atomic E-state index is 11.4. The molecule has 0 unspecified atom stereocenters. The molecule has 2 aromatic rings. The van der Waals surface area contributed by atoms with Gasteiger partial charge in [-0.15, -0.1) is 11.8 Å². The third-order valence-corrected chi connectivity index (χ3v) is 7.66. The van der Waals surface area contributed by atoms with Crippen molar-refractivity contribution in [1.29, 1.82) is 0 Å². The van der Waals surface area contributed by atoms with E-state index >= 15 is 0 Å². The van der Waals surface area contributed by atoms with Crippen molar-refractivity contribution in [3.8, 4) is 11.8 Å². The normalized spacial score (nSPS) is 14.1. The van der Waals surface area contributed by atoms with E-state index < -0.39 is 0 Å². The zero-order valence-corrected chi connectivity index (χ0v) is 22.7. The molecule has 1 aromatic carbocycles. The number of unbranched alkanes of at least 4 members (excludes halogenated alkanes) is 4. The molecule has 5 heteroatoms. The van der Waals surface area contributed by atoms with Crippen LogP contribution < -0.4 is 0 Å². The summed E-state index contributed by atoms with van der Waals surface area (Å²) in [5, 5.41) is 0. The molecule has 0 atom stereocenters. The minimum absolute atomic E-state index is 0.132. The second-order valence-electron chi connectivity index (χ2n) is 9.95. The average Bonchev–Trinajstić information content (AvgIpc) is 2.84. The minimum Gasteiger partial charge on any atom is -0.466 e. The van der Waals surface area contributed by atoms with Crippen LogP contribution in [-0.4, -0.2) is 28.3 Å². The van der Waals surface area contributed by atoms with Crippen molar-refractivity contribution in [2.24, 2.45) is 0 Å². The van der Waals surface area contributed by atoms with Gasteiger partial charge in [-0.3, -0.25) is 4.79 Å². The Bertz CT molecular complexity index is 1030. The molecule has 0 bridgehead atoms. The molecule has 2 heterocycles. The third kappa shape index (κ3) is 8.39. The molecule has 1 aliphatic rings. The lowest BCUT2D eigenvalue weighted by Gasteiger charge is -2.32. The monoisotopic (exact) mass is 492 g/mol. The minimum atomic E-state index is -0.132. The maximum Gasteiger partial charge on any atom is 0.305 e. The first-order valence-electron chi connectivity index (χ1n) is 13.2. The van der Waals surface area contributed by atoms with E-state index in [9.17, 15) is 4.79 Å². The van der Waals surface area contributed by atoms with Crippen LogP contribution in [0.1, 0.15) is 107 Å². The average molecular weight is 493 g/mol. The first-order chi connectivity index (χ1) is 16.9. The summed E-state index contributed by atoms with van der Waals surface area (Å²) < 4.78 is 4.97. The van der Waals surface area contributed by atoms with Crippen molar-refractivity contribution in [2.75, 3.05) is 12.4 Å². The van der Waals surface area contributed by atoms with E-state index in [-0.39, 0.29) is 11.4 Å². The fourth-order valence-corrected chi connectivity index (χ4v) is 5.91. The highest BCUT2D eigenvalue weighted by atomic mass is 32.2. The number of rotatable bonds is 11. The number of ether oxygens (including phenoxy) is 1. The van der Waals surface area contributed by atoms with E-state index in [1.54, 1.807) is 0 Å². The lowest BCUT2D eigenvalue weighted by atomic mass is 9.80. The van der Waals surface area contributed by atoms with E-state index in [4.69, 9.17) is 4.74 Å². The third-order valence-electron chi connectivity index (χ3n) is 6.60. The fraction of sp³-hybridized carbons (Fsp3) is 0.567. The molecule has 0 amide bonds. The summed E-state index contributed by atoms with van der Waals surface area (Å²) >= 11 is 1.99. The number of aromatic nitrogens is 2. The van der Waals surface area contributed by atoms with Crippen molar-refractivity contribution in [1.82, 2.24) is 9.97 Å². The zero-order valence-electron chi connectivity index (χ0n) is 21.9. The van der Waals surface area contributed by atoms with Crippen LogP contribution in [0.4, 0.5) is 0 Å². The number of carbonyl (C=O) groups excluding carboxylic acids is 1. The molecular formula is C30H40N2O2S. The number of fused-ring (bicyclic) bond motifs is 1. The highest BCUT2D eigenvalue weighted by Gasteiger charge is 2.28. The van der Waals surface area contributed by atoms with Crippen LogP contribution in [0.3, 0.4) is 0 Å².